The zero-order chi connectivity index (χ0) is 12.3. The molecule has 1 atom stereocenters. The van der Waals surface area contributed by atoms with E-state index < -0.39 is 10.3 Å². The Morgan fingerprint density at radius 2 is 1.29 bits per heavy atom. The van der Waals surface area contributed by atoms with Crippen LogP contribution in [-0.2, 0) is 0 Å². The first-order chi connectivity index (χ1) is 8.15. The van der Waals surface area contributed by atoms with Crippen molar-refractivity contribution in [2.45, 2.75) is 9.79 Å². The van der Waals surface area contributed by atoms with E-state index in [1.165, 1.54) is 10.8 Å². The largest absolute Gasteiger partial charge is 0.399 e. The lowest BCUT2D eigenvalue weighted by Gasteiger charge is -2.11. The number of hydrogen-bond donors (Lipinski definition) is 3. The highest BCUT2D eigenvalue weighted by Gasteiger charge is 2.07. The Bertz CT molecular complexity index is 485. The van der Waals surface area contributed by atoms with Gasteiger partial charge in [0, 0.05) is 21.2 Å². The Balaban J connectivity index is 2.08. The predicted octanol–water partition coefficient (Wildman–Crippen LogP) is 3.80. The lowest BCUT2D eigenvalue weighted by molar-refractivity contribution is 0.929. The molecule has 0 radical (unpaired) electrons. The van der Waals surface area contributed by atoms with Crippen LogP contribution < -0.4 is 11.5 Å². The van der Waals surface area contributed by atoms with Crippen LogP contribution in [-0.4, -0.2) is 0 Å². The SMILES string of the molecule is Nc1ccc(S[SH](F)c2ccc(N)cc2)cc1. The third-order valence-corrected chi connectivity index (χ3v) is 5.25. The molecule has 2 rings (SSSR count). The van der Waals surface area contributed by atoms with Crippen LogP contribution in [0, 0.1) is 0 Å². The van der Waals surface area contributed by atoms with E-state index in [-0.39, 0.29) is 0 Å². The van der Waals surface area contributed by atoms with Crippen molar-refractivity contribution in [1.29, 1.82) is 0 Å². The summed E-state index contributed by atoms with van der Waals surface area (Å²) in [7, 11) is -0.541. The molecule has 0 aliphatic heterocycles. The Hall–Kier alpha value is -1.33. The van der Waals surface area contributed by atoms with Crippen LogP contribution in [0.5, 0.6) is 0 Å². The summed E-state index contributed by atoms with van der Waals surface area (Å²) in [6, 6.07) is 14.1. The molecule has 1 unspecified atom stereocenters. The molecule has 0 bridgehead atoms. The van der Waals surface area contributed by atoms with Crippen molar-refractivity contribution < 1.29 is 3.89 Å². The maximum atomic E-state index is 14.0. The lowest BCUT2D eigenvalue weighted by Crippen LogP contribution is -1.84. The summed E-state index contributed by atoms with van der Waals surface area (Å²) < 4.78 is 14.0. The molecule has 0 aliphatic rings. The van der Waals surface area contributed by atoms with Gasteiger partial charge in [0.25, 0.3) is 0 Å². The highest BCUT2D eigenvalue weighted by atomic mass is 33.2. The number of thiol groups is 1. The first-order valence-electron chi connectivity index (χ1n) is 5.00. The first-order valence-corrected chi connectivity index (χ1v) is 7.65. The van der Waals surface area contributed by atoms with Gasteiger partial charge in [-0.3, -0.25) is 0 Å². The van der Waals surface area contributed by atoms with E-state index in [2.05, 4.69) is 0 Å². The number of benzene rings is 2. The summed E-state index contributed by atoms with van der Waals surface area (Å²) in [4.78, 5) is 1.56. The Morgan fingerprint density at radius 3 is 1.82 bits per heavy atom. The van der Waals surface area contributed by atoms with E-state index in [1.807, 2.05) is 12.1 Å². The molecule has 0 aromatic heterocycles. The molecule has 0 aliphatic carbocycles. The summed E-state index contributed by atoms with van der Waals surface area (Å²) in [5, 5.41) is 0. The lowest BCUT2D eigenvalue weighted by atomic mass is 10.3. The molecule has 2 nitrogen and oxygen atoms in total. The van der Waals surface area contributed by atoms with Gasteiger partial charge in [-0.2, -0.15) is 3.89 Å². The van der Waals surface area contributed by atoms with Gasteiger partial charge in [0.2, 0.25) is 0 Å². The fraction of sp³-hybridized carbons (Fsp3) is 0. The highest BCUT2D eigenvalue weighted by molar-refractivity contribution is 8.83. The molecular weight excluding hydrogens is 255 g/mol. The average Bonchev–Trinajstić information content (AvgIpc) is 2.33. The van der Waals surface area contributed by atoms with Gasteiger partial charge in [0.05, 0.1) is 0 Å². The van der Waals surface area contributed by atoms with Gasteiger partial charge in [0.1, 0.15) is 0 Å². The molecule has 0 saturated heterocycles. The van der Waals surface area contributed by atoms with E-state index in [4.69, 9.17) is 11.5 Å². The Morgan fingerprint density at radius 1 is 0.824 bits per heavy atom. The van der Waals surface area contributed by atoms with Gasteiger partial charge in [-0.25, -0.2) is 0 Å². The molecule has 0 spiro atoms. The van der Waals surface area contributed by atoms with Crippen molar-refractivity contribution in [3.63, 3.8) is 0 Å². The molecule has 0 fully saturated rings. The van der Waals surface area contributed by atoms with Gasteiger partial charge >= 0.3 is 0 Å². The highest BCUT2D eigenvalue weighted by Crippen LogP contribution is 2.53. The molecule has 2 aromatic carbocycles. The fourth-order valence-corrected chi connectivity index (χ4v) is 3.80. The molecule has 0 saturated carbocycles. The second-order valence-corrected chi connectivity index (χ2v) is 6.67. The van der Waals surface area contributed by atoms with Crippen LogP contribution in [0.4, 0.5) is 15.3 Å². The van der Waals surface area contributed by atoms with E-state index in [1.54, 1.807) is 36.4 Å². The number of halogens is 1. The third kappa shape index (κ3) is 3.31. The third-order valence-electron chi connectivity index (χ3n) is 2.16. The zero-order valence-electron chi connectivity index (χ0n) is 9.01. The van der Waals surface area contributed by atoms with Crippen molar-refractivity contribution in [3.8, 4) is 0 Å². The van der Waals surface area contributed by atoms with Crippen molar-refractivity contribution in [1.82, 2.24) is 0 Å². The van der Waals surface area contributed by atoms with Crippen LogP contribution in [0.25, 0.3) is 0 Å². The normalized spacial score (nSPS) is 13.4. The molecule has 90 valence electrons. The second kappa shape index (κ2) is 5.33. The van der Waals surface area contributed by atoms with Gasteiger partial charge in [-0.1, -0.05) is 0 Å². The van der Waals surface area contributed by atoms with E-state index in [0.717, 1.165) is 4.90 Å². The predicted molar refractivity (Wildman–Crippen MR) is 75.9 cm³/mol. The fourth-order valence-electron chi connectivity index (χ4n) is 1.27. The van der Waals surface area contributed by atoms with Crippen LogP contribution in [0.3, 0.4) is 0 Å². The maximum absolute atomic E-state index is 14.0. The van der Waals surface area contributed by atoms with Crippen LogP contribution in [0.1, 0.15) is 0 Å². The molecular formula is C12H13FN2S2. The van der Waals surface area contributed by atoms with Gasteiger partial charge < -0.3 is 11.5 Å². The number of anilines is 2. The van der Waals surface area contributed by atoms with E-state index in [0.29, 0.717) is 16.3 Å². The molecule has 2 aromatic rings. The molecule has 4 N–H and O–H groups in total. The molecule has 5 heteroatoms. The van der Waals surface area contributed by atoms with Crippen LogP contribution in [0.2, 0.25) is 0 Å². The minimum absolute atomic E-state index is 0.648. The summed E-state index contributed by atoms with van der Waals surface area (Å²) in [6.45, 7) is 0. The van der Waals surface area contributed by atoms with Gasteiger partial charge in [0.15, 0.2) is 0 Å². The smallest absolute Gasteiger partial charge is 0.0314 e. The standard InChI is InChI=1S/C12H13FN2S2/c13-17(12-7-3-10(15)4-8-12)16-11-5-1-9(14)2-6-11/h1-8,17H,14-15H2. The van der Waals surface area contributed by atoms with Gasteiger partial charge in [-0.15, -0.1) is 0 Å². The quantitative estimate of drug-likeness (QED) is 0.451. The number of hydrogen-bond acceptors (Lipinski definition) is 3. The minimum Gasteiger partial charge on any atom is -0.399 e. The number of rotatable bonds is 3. The van der Waals surface area contributed by atoms with Crippen LogP contribution >= 0.6 is 21.1 Å². The van der Waals surface area contributed by atoms with Gasteiger partial charge in [-0.05, 0) is 69.6 Å². The summed E-state index contributed by atoms with van der Waals surface area (Å²) in [6.07, 6.45) is 0. The molecule has 0 heterocycles. The Labute approximate surface area is 106 Å². The average molecular weight is 268 g/mol. The minimum atomic E-state index is -1.75. The summed E-state index contributed by atoms with van der Waals surface area (Å²) in [5.74, 6) is 0. The topological polar surface area (TPSA) is 52.0 Å². The maximum Gasteiger partial charge on any atom is 0.0314 e. The number of nitrogens with two attached hydrogens (primary N) is 2. The second-order valence-electron chi connectivity index (χ2n) is 3.50. The summed E-state index contributed by atoms with van der Waals surface area (Å²) >= 11 is 0. The Kier molecular flexibility index (Phi) is 3.81. The van der Waals surface area contributed by atoms with Crippen molar-refractivity contribution in [2.24, 2.45) is 0 Å². The first kappa shape index (κ1) is 12.1. The van der Waals surface area contributed by atoms with Crippen molar-refractivity contribution >= 4 is 32.5 Å². The van der Waals surface area contributed by atoms with E-state index >= 15 is 0 Å². The van der Waals surface area contributed by atoms with E-state index in [9.17, 15) is 3.89 Å². The van der Waals surface area contributed by atoms with Crippen LogP contribution in [0.15, 0.2) is 58.3 Å². The molecule has 17 heavy (non-hydrogen) atoms. The van der Waals surface area contributed by atoms with Crippen molar-refractivity contribution in [2.75, 3.05) is 11.5 Å². The summed E-state index contributed by atoms with van der Waals surface area (Å²) in [5.41, 5.74) is 12.5. The molecule has 0 amide bonds. The van der Waals surface area contributed by atoms with Crippen molar-refractivity contribution in [3.05, 3.63) is 48.5 Å². The monoisotopic (exact) mass is 268 g/mol. The number of nitrogen functional groups attached to an aromatic ring is 2. The zero-order valence-corrected chi connectivity index (χ0v) is 10.7.